The standard InChI is InChI=1S/C17H19N3OS/c1-11-2-4-12(5-3-11)10-22-17-19-18-16(21)20(17)15-9-13-6-7-14(15)8-13/h2-7,13-15H,8-10H2,1H3,(H,18,21)/t13-,14+,15+/m1/s1. The number of hydrogen-bond donors (Lipinski definition) is 1. The first-order chi connectivity index (χ1) is 10.7. The van der Waals surface area contributed by atoms with Gasteiger partial charge >= 0.3 is 5.69 Å². The van der Waals surface area contributed by atoms with Gasteiger partial charge in [0.2, 0.25) is 0 Å². The van der Waals surface area contributed by atoms with E-state index in [-0.39, 0.29) is 11.7 Å². The second kappa shape index (κ2) is 5.47. The van der Waals surface area contributed by atoms with Crippen molar-refractivity contribution in [3.8, 4) is 0 Å². The molecule has 2 aliphatic rings. The summed E-state index contributed by atoms with van der Waals surface area (Å²) in [5.74, 6) is 1.98. The number of nitrogens with one attached hydrogen (secondary N) is 1. The largest absolute Gasteiger partial charge is 0.344 e. The molecule has 5 heteroatoms. The molecule has 1 aromatic heterocycles. The van der Waals surface area contributed by atoms with Crippen molar-refractivity contribution in [2.75, 3.05) is 0 Å². The summed E-state index contributed by atoms with van der Waals surface area (Å²) >= 11 is 1.64. The lowest BCUT2D eigenvalue weighted by molar-refractivity contribution is 0.396. The number of allylic oxidation sites excluding steroid dienone is 2. The fourth-order valence-electron chi connectivity index (χ4n) is 3.57. The van der Waals surface area contributed by atoms with Crippen LogP contribution in [0.4, 0.5) is 0 Å². The van der Waals surface area contributed by atoms with Gasteiger partial charge in [0.1, 0.15) is 0 Å². The van der Waals surface area contributed by atoms with Crippen molar-refractivity contribution in [3.05, 3.63) is 58.0 Å². The van der Waals surface area contributed by atoms with Crippen molar-refractivity contribution in [1.82, 2.24) is 14.8 Å². The van der Waals surface area contributed by atoms with Gasteiger partial charge < -0.3 is 0 Å². The first-order valence-electron chi connectivity index (χ1n) is 7.74. The molecule has 1 fully saturated rings. The third-order valence-electron chi connectivity index (χ3n) is 4.74. The minimum absolute atomic E-state index is 0.0719. The third kappa shape index (κ3) is 2.43. The molecule has 1 heterocycles. The van der Waals surface area contributed by atoms with E-state index >= 15 is 0 Å². The van der Waals surface area contributed by atoms with Crippen LogP contribution in [0.5, 0.6) is 0 Å². The number of thioether (sulfide) groups is 1. The molecule has 22 heavy (non-hydrogen) atoms. The van der Waals surface area contributed by atoms with E-state index in [9.17, 15) is 4.79 Å². The predicted molar refractivity (Wildman–Crippen MR) is 88.0 cm³/mol. The van der Waals surface area contributed by atoms with Gasteiger partial charge in [0.15, 0.2) is 5.16 Å². The van der Waals surface area contributed by atoms with Crippen molar-refractivity contribution in [2.45, 2.75) is 36.7 Å². The molecule has 2 bridgehead atoms. The Morgan fingerprint density at radius 1 is 1.27 bits per heavy atom. The van der Waals surface area contributed by atoms with Crippen LogP contribution in [0, 0.1) is 18.8 Å². The Balaban J connectivity index is 1.54. The van der Waals surface area contributed by atoms with Gasteiger partial charge in [-0.15, -0.1) is 5.10 Å². The van der Waals surface area contributed by atoms with E-state index in [2.05, 4.69) is 53.5 Å². The Kier molecular flexibility index (Phi) is 3.45. The molecular weight excluding hydrogens is 294 g/mol. The van der Waals surface area contributed by atoms with Crippen LogP contribution < -0.4 is 5.69 Å². The second-order valence-corrected chi connectivity index (χ2v) is 7.25. The number of aromatic nitrogens is 3. The van der Waals surface area contributed by atoms with Crippen LogP contribution in [0.25, 0.3) is 0 Å². The summed E-state index contributed by atoms with van der Waals surface area (Å²) < 4.78 is 1.88. The zero-order valence-corrected chi connectivity index (χ0v) is 13.3. The molecule has 3 atom stereocenters. The maximum atomic E-state index is 12.2. The van der Waals surface area contributed by atoms with Crippen LogP contribution >= 0.6 is 11.8 Å². The highest BCUT2D eigenvalue weighted by Gasteiger charge is 2.38. The highest BCUT2D eigenvalue weighted by molar-refractivity contribution is 7.98. The van der Waals surface area contributed by atoms with E-state index in [0.717, 1.165) is 17.3 Å². The SMILES string of the molecule is Cc1ccc(CSc2n[nH]c(=O)n2[C@H]2C[C@@H]3C=C[C@H]2C3)cc1. The number of aromatic amines is 1. The molecule has 0 aliphatic heterocycles. The van der Waals surface area contributed by atoms with E-state index in [4.69, 9.17) is 0 Å². The molecule has 0 amide bonds. The highest BCUT2D eigenvalue weighted by Crippen LogP contribution is 2.46. The van der Waals surface area contributed by atoms with Gasteiger partial charge in [-0.3, -0.25) is 4.57 Å². The number of H-pyrrole nitrogens is 1. The summed E-state index contributed by atoms with van der Waals surface area (Å²) in [6, 6.07) is 8.79. The van der Waals surface area contributed by atoms with Crippen LogP contribution in [0.2, 0.25) is 0 Å². The van der Waals surface area contributed by atoms with Crippen molar-refractivity contribution in [3.63, 3.8) is 0 Å². The Bertz CT molecular complexity index is 759. The van der Waals surface area contributed by atoms with Gasteiger partial charge in [-0.2, -0.15) is 0 Å². The second-order valence-electron chi connectivity index (χ2n) is 6.30. The van der Waals surface area contributed by atoms with E-state index in [1.165, 1.54) is 17.5 Å². The minimum Gasteiger partial charge on any atom is -0.266 e. The van der Waals surface area contributed by atoms with Gasteiger partial charge in [-0.1, -0.05) is 53.7 Å². The molecule has 0 spiro atoms. The van der Waals surface area contributed by atoms with E-state index in [1.54, 1.807) is 11.8 Å². The topological polar surface area (TPSA) is 50.7 Å². The highest BCUT2D eigenvalue weighted by atomic mass is 32.2. The van der Waals surface area contributed by atoms with Gasteiger partial charge in [-0.05, 0) is 37.2 Å². The summed E-state index contributed by atoms with van der Waals surface area (Å²) in [6.45, 7) is 2.09. The minimum atomic E-state index is -0.0719. The average molecular weight is 313 g/mol. The van der Waals surface area contributed by atoms with Crippen LogP contribution in [-0.2, 0) is 5.75 Å². The van der Waals surface area contributed by atoms with E-state index in [1.807, 2.05) is 4.57 Å². The van der Waals surface area contributed by atoms with Gasteiger partial charge in [0.25, 0.3) is 0 Å². The van der Waals surface area contributed by atoms with Gasteiger partial charge in [-0.25, -0.2) is 9.89 Å². The van der Waals surface area contributed by atoms with E-state index in [0.29, 0.717) is 11.8 Å². The predicted octanol–water partition coefficient (Wildman–Crippen LogP) is 3.31. The molecule has 2 aromatic rings. The molecule has 2 aliphatic carbocycles. The van der Waals surface area contributed by atoms with Crippen molar-refractivity contribution >= 4 is 11.8 Å². The Morgan fingerprint density at radius 2 is 2.09 bits per heavy atom. The molecule has 4 rings (SSSR count). The maximum Gasteiger partial charge on any atom is 0.344 e. The smallest absolute Gasteiger partial charge is 0.266 e. The van der Waals surface area contributed by atoms with Crippen LogP contribution in [0.1, 0.15) is 30.0 Å². The summed E-state index contributed by atoms with van der Waals surface area (Å²) in [4.78, 5) is 12.2. The zero-order valence-electron chi connectivity index (χ0n) is 12.5. The molecule has 1 aromatic carbocycles. The monoisotopic (exact) mass is 313 g/mol. The first kappa shape index (κ1) is 13.9. The fraction of sp³-hybridized carbons (Fsp3) is 0.412. The molecule has 4 nitrogen and oxygen atoms in total. The molecular formula is C17H19N3OS. The van der Waals surface area contributed by atoms with Crippen LogP contribution in [0.3, 0.4) is 0 Å². The quantitative estimate of drug-likeness (QED) is 0.696. The molecule has 114 valence electrons. The lowest BCUT2D eigenvalue weighted by Gasteiger charge is -2.20. The lowest BCUT2D eigenvalue weighted by atomic mass is 10.0. The van der Waals surface area contributed by atoms with Crippen LogP contribution in [-0.4, -0.2) is 14.8 Å². The average Bonchev–Trinajstić information content (AvgIpc) is 3.22. The summed E-state index contributed by atoms with van der Waals surface area (Å²) in [6.07, 6.45) is 6.82. The fourth-order valence-corrected chi connectivity index (χ4v) is 4.52. The van der Waals surface area contributed by atoms with Crippen LogP contribution in [0.15, 0.2) is 46.4 Å². The molecule has 0 unspecified atom stereocenters. The van der Waals surface area contributed by atoms with Crippen molar-refractivity contribution in [2.24, 2.45) is 11.8 Å². The molecule has 1 saturated carbocycles. The zero-order chi connectivity index (χ0) is 15.1. The Hall–Kier alpha value is -1.75. The molecule has 0 saturated heterocycles. The molecule has 0 radical (unpaired) electrons. The number of benzene rings is 1. The van der Waals surface area contributed by atoms with Gasteiger partial charge in [0.05, 0.1) is 0 Å². The first-order valence-corrected chi connectivity index (χ1v) is 8.73. The Labute approximate surface area is 133 Å². The van der Waals surface area contributed by atoms with Crippen molar-refractivity contribution < 1.29 is 0 Å². The third-order valence-corrected chi connectivity index (χ3v) is 5.76. The summed E-state index contributed by atoms with van der Waals surface area (Å²) in [7, 11) is 0. The lowest BCUT2D eigenvalue weighted by Crippen LogP contribution is -2.25. The summed E-state index contributed by atoms with van der Waals surface area (Å²) in [5.41, 5.74) is 2.45. The van der Waals surface area contributed by atoms with Crippen molar-refractivity contribution in [1.29, 1.82) is 0 Å². The number of fused-ring (bicyclic) bond motifs is 2. The Morgan fingerprint density at radius 3 is 2.77 bits per heavy atom. The number of nitrogens with zero attached hydrogens (tertiary/aromatic N) is 2. The normalized spacial score (nSPS) is 26.0. The number of aryl methyl sites for hydroxylation is 1. The van der Waals surface area contributed by atoms with Gasteiger partial charge in [0, 0.05) is 11.8 Å². The van der Waals surface area contributed by atoms with E-state index < -0.39 is 0 Å². The number of rotatable bonds is 4. The number of hydrogen-bond acceptors (Lipinski definition) is 3. The maximum absolute atomic E-state index is 12.2. The molecule has 1 N–H and O–H groups in total. The summed E-state index contributed by atoms with van der Waals surface area (Å²) in [5, 5.41) is 7.69.